The molecule has 0 radical (unpaired) electrons. The largest absolute Gasteiger partial charge is 0.493 e. The molecule has 1 aromatic heterocycles. The number of carboxylic acid groups (broad SMARTS) is 1. The van der Waals surface area contributed by atoms with Crippen LogP contribution in [0.2, 0.25) is 0 Å². The highest BCUT2D eigenvalue weighted by Crippen LogP contribution is 2.42. The van der Waals surface area contributed by atoms with E-state index in [0.717, 1.165) is 53.5 Å². The number of hydrogen-bond acceptors (Lipinski definition) is 5. The molecule has 9 heteroatoms. The van der Waals surface area contributed by atoms with Gasteiger partial charge in [-0.1, -0.05) is 6.07 Å². The van der Waals surface area contributed by atoms with Crippen molar-refractivity contribution in [1.29, 1.82) is 0 Å². The van der Waals surface area contributed by atoms with Crippen LogP contribution in [-0.2, 0) is 29.6 Å². The summed E-state index contributed by atoms with van der Waals surface area (Å²) < 4.78 is 46.8. The Kier molecular flexibility index (Phi) is 7.81. The number of carbonyl (C=O) groups is 1. The number of ether oxygens (including phenoxy) is 3. The zero-order valence-electron chi connectivity index (χ0n) is 24.2. The fourth-order valence-electron chi connectivity index (χ4n) is 5.47. The molecule has 0 fully saturated rings. The Balaban J connectivity index is 1.73. The van der Waals surface area contributed by atoms with E-state index in [1.54, 1.807) is 39.0 Å². The van der Waals surface area contributed by atoms with Crippen LogP contribution in [-0.4, -0.2) is 27.9 Å². The molecule has 3 aromatic carbocycles. The summed E-state index contributed by atoms with van der Waals surface area (Å²) in [7, 11) is 1.52. The van der Waals surface area contributed by atoms with Crippen molar-refractivity contribution in [2.24, 2.45) is 7.05 Å². The lowest BCUT2D eigenvalue weighted by Gasteiger charge is -2.29. The Bertz CT molecular complexity index is 1750. The summed E-state index contributed by atoms with van der Waals surface area (Å²) in [6.07, 6.45) is 0.222. The van der Waals surface area contributed by atoms with Gasteiger partial charge >= 0.3 is 5.97 Å². The van der Waals surface area contributed by atoms with E-state index in [4.69, 9.17) is 14.2 Å². The van der Waals surface area contributed by atoms with E-state index in [1.807, 2.05) is 19.1 Å². The van der Waals surface area contributed by atoms with E-state index >= 15 is 0 Å². The highest BCUT2D eigenvalue weighted by atomic mass is 19.1. The number of nitrogens with zero attached hydrogens (tertiary/aromatic N) is 1. The van der Waals surface area contributed by atoms with Crippen molar-refractivity contribution in [2.45, 2.75) is 58.8 Å². The predicted octanol–water partition coefficient (Wildman–Crippen LogP) is 6.64. The van der Waals surface area contributed by atoms with Gasteiger partial charge in [0, 0.05) is 18.2 Å². The van der Waals surface area contributed by atoms with Crippen molar-refractivity contribution in [2.75, 3.05) is 6.61 Å². The minimum atomic E-state index is -1.44. The fraction of sp³-hybridized carbons (Fsp3) is 0.333. The molecule has 1 unspecified atom stereocenters. The number of aromatic nitrogens is 1. The average Bonchev–Trinajstić information content (AvgIpc) is 2.94. The molecule has 4 aromatic rings. The van der Waals surface area contributed by atoms with Crippen molar-refractivity contribution in [1.82, 2.24) is 4.57 Å². The highest BCUT2D eigenvalue weighted by molar-refractivity contribution is 6.00. The molecular weight excluding hydrogens is 544 g/mol. The number of pyridine rings is 1. The summed E-state index contributed by atoms with van der Waals surface area (Å²) in [6, 6.07) is 11.7. The first-order valence-corrected chi connectivity index (χ1v) is 13.8. The highest BCUT2D eigenvalue weighted by Gasteiger charge is 2.34. The first kappa shape index (κ1) is 29.3. The number of benzene rings is 3. The zero-order valence-corrected chi connectivity index (χ0v) is 24.2. The molecule has 0 spiro atoms. The SMILES string of the molecule is Cc1c(-c2c(C(OC(C)(C)C)C(=O)O)n(C)c(=O)c3cc(OCc4cc(F)ccc4F)ccc23)ccc2c1CCCO2. The van der Waals surface area contributed by atoms with Gasteiger partial charge in [-0.2, -0.15) is 0 Å². The predicted molar refractivity (Wildman–Crippen MR) is 155 cm³/mol. The third-order valence-electron chi connectivity index (χ3n) is 7.41. The minimum absolute atomic E-state index is 0.0366. The first-order valence-electron chi connectivity index (χ1n) is 13.8. The number of aliphatic carboxylic acids is 1. The van der Waals surface area contributed by atoms with E-state index < -0.39 is 34.9 Å². The Morgan fingerprint density at radius 2 is 1.86 bits per heavy atom. The van der Waals surface area contributed by atoms with E-state index in [1.165, 1.54) is 11.6 Å². The van der Waals surface area contributed by atoms with Crippen LogP contribution < -0.4 is 15.0 Å². The summed E-state index contributed by atoms with van der Waals surface area (Å²) >= 11 is 0. The second kappa shape index (κ2) is 11.2. The number of rotatable bonds is 7. The van der Waals surface area contributed by atoms with Crippen molar-refractivity contribution < 1.29 is 32.9 Å². The van der Waals surface area contributed by atoms with Gasteiger partial charge in [-0.3, -0.25) is 4.79 Å². The summed E-state index contributed by atoms with van der Waals surface area (Å²) in [5.74, 6) is -1.35. The minimum Gasteiger partial charge on any atom is -0.493 e. The van der Waals surface area contributed by atoms with Crippen LogP contribution >= 0.6 is 0 Å². The van der Waals surface area contributed by atoms with Crippen LogP contribution in [0.1, 0.15) is 55.7 Å². The molecule has 1 aliphatic heterocycles. The van der Waals surface area contributed by atoms with E-state index in [9.17, 15) is 23.5 Å². The average molecular weight is 578 g/mol. The van der Waals surface area contributed by atoms with Crippen molar-refractivity contribution in [3.63, 3.8) is 0 Å². The molecule has 7 nitrogen and oxygen atoms in total. The molecule has 0 amide bonds. The maximum Gasteiger partial charge on any atom is 0.339 e. The Morgan fingerprint density at radius 3 is 2.57 bits per heavy atom. The molecule has 0 aliphatic carbocycles. The summed E-state index contributed by atoms with van der Waals surface area (Å²) in [5.41, 5.74) is 2.25. The molecule has 0 bridgehead atoms. The molecule has 220 valence electrons. The van der Waals surface area contributed by atoms with Gasteiger partial charge in [0.2, 0.25) is 0 Å². The van der Waals surface area contributed by atoms with Crippen molar-refractivity contribution in [3.05, 3.63) is 92.9 Å². The van der Waals surface area contributed by atoms with Crippen LogP contribution in [0, 0.1) is 18.6 Å². The molecule has 1 aliphatic rings. The third kappa shape index (κ3) is 5.61. The zero-order chi connectivity index (χ0) is 30.3. The normalized spacial score (nSPS) is 13.9. The lowest BCUT2D eigenvalue weighted by Crippen LogP contribution is -2.33. The molecule has 5 rings (SSSR count). The van der Waals surface area contributed by atoms with Gasteiger partial charge in [-0.25, -0.2) is 13.6 Å². The maximum absolute atomic E-state index is 14.2. The van der Waals surface area contributed by atoms with E-state index in [2.05, 4.69) is 0 Å². The van der Waals surface area contributed by atoms with Gasteiger partial charge in [0.15, 0.2) is 6.10 Å². The Labute approximate surface area is 242 Å². The van der Waals surface area contributed by atoms with Crippen LogP contribution in [0.5, 0.6) is 11.5 Å². The topological polar surface area (TPSA) is 87.0 Å². The van der Waals surface area contributed by atoms with Crippen LogP contribution in [0.15, 0.2) is 53.3 Å². The maximum atomic E-state index is 14.2. The van der Waals surface area contributed by atoms with Gasteiger partial charge in [0.1, 0.15) is 29.7 Å². The number of halogens is 2. The summed E-state index contributed by atoms with van der Waals surface area (Å²) in [6.45, 7) is 7.62. The van der Waals surface area contributed by atoms with Gasteiger partial charge in [0.05, 0.1) is 23.3 Å². The standard InChI is InChI=1S/C33H33F2NO6/c1-18-22-7-6-14-40-27(22)13-11-23(18)28-24-10-9-21(41-17-19-15-20(34)8-12-26(19)35)16-25(24)31(37)36(5)29(28)30(32(38)39)42-33(2,3)4/h8-13,15-16,30H,6-7,14,17H2,1-5H3,(H,38,39). The van der Waals surface area contributed by atoms with Crippen molar-refractivity contribution in [3.8, 4) is 22.6 Å². The molecule has 0 saturated heterocycles. The quantitative estimate of drug-likeness (QED) is 0.265. The lowest BCUT2D eigenvalue weighted by molar-refractivity contribution is -0.161. The first-order chi connectivity index (χ1) is 19.9. The number of carboxylic acids is 1. The van der Waals surface area contributed by atoms with Crippen LogP contribution in [0.4, 0.5) is 8.78 Å². The molecule has 1 atom stereocenters. The lowest BCUT2D eigenvalue weighted by atomic mass is 9.88. The smallest absolute Gasteiger partial charge is 0.339 e. The monoisotopic (exact) mass is 577 g/mol. The molecule has 2 heterocycles. The van der Waals surface area contributed by atoms with Gasteiger partial charge in [-0.15, -0.1) is 0 Å². The second-order valence-corrected chi connectivity index (χ2v) is 11.5. The fourth-order valence-corrected chi connectivity index (χ4v) is 5.47. The third-order valence-corrected chi connectivity index (χ3v) is 7.41. The second-order valence-electron chi connectivity index (χ2n) is 11.5. The van der Waals surface area contributed by atoms with Crippen LogP contribution in [0.25, 0.3) is 21.9 Å². The molecule has 1 N–H and O–H groups in total. The molecule has 0 saturated carbocycles. The van der Waals surface area contributed by atoms with Gasteiger partial charge in [0.25, 0.3) is 5.56 Å². The van der Waals surface area contributed by atoms with Gasteiger partial charge in [-0.05, 0) is 105 Å². The summed E-state index contributed by atoms with van der Waals surface area (Å²) in [4.78, 5) is 26.5. The Hall–Kier alpha value is -4.24. The Morgan fingerprint density at radius 1 is 1.10 bits per heavy atom. The van der Waals surface area contributed by atoms with Crippen molar-refractivity contribution >= 4 is 16.7 Å². The summed E-state index contributed by atoms with van der Waals surface area (Å²) in [5, 5.41) is 11.1. The van der Waals surface area contributed by atoms with Crippen LogP contribution in [0.3, 0.4) is 0 Å². The molecule has 42 heavy (non-hydrogen) atoms. The van der Waals surface area contributed by atoms with Gasteiger partial charge < -0.3 is 23.9 Å². The number of fused-ring (bicyclic) bond motifs is 2. The van der Waals surface area contributed by atoms with E-state index in [-0.39, 0.29) is 29.0 Å². The van der Waals surface area contributed by atoms with E-state index in [0.29, 0.717) is 17.6 Å². The number of hydrogen-bond donors (Lipinski definition) is 1. The molecular formula is C33H33F2NO6.